The van der Waals surface area contributed by atoms with Crippen molar-refractivity contribution >= 4 is 17.6 Å². The van der Waals surface area contributed by atoms with Crippen LogP contribution in [0.25, 0.3) is 0 Å². The zero-order valence-electron chi connectivity index (χ0n) is 11.2. The summed E-state index contributed by atoms with van der Waals surface area (Å²) in [5, 5.41) is 9.37. The van der Waals surface area contributed by atoms with Gasteiger partial charge in [0.15, 0.2) is 0 Å². The number of ether oxygens (including phenoxy) is 2. The van der Waals surface area contributed by atoms with Gasteiger partial charge in [-0.15, -0.1) is 0 Å². The van der Waals surface area contributed by atoms with Crippen LogP contribution < -0.4 is 9.47 Å². The highest BCUT2D eigenvalue weighted by molar-refractivity contribution is 6.33. The molecule has 0 aliphatic carbocycles. The second kappa shape index (κ2) is 7.89. The zero-order valence-corrected chi connectivity index (χ0v) is 12.0. The third kappa shape index (κ3) is 4.63. The molecule has 0 saturated carbocycles. The molecule has 0 spiro atoms. The lowest BCUT2D eigenvalue weighted by Gasteiger charge is -2.13. The highest BCUT2D eigenvalue weighted by atomic mass is 35.5. The molecule has 1 N–H and O–H groups in total. The van der Waals surface area contributed by atoms with Crippen LogP contribution in [0.15, 0.2) is 12.1 Å². The molecule has 0 aliphatic heterocycles. The first-order valence-corrected chi connectivity index (χ1v) is 6.80. The molecule has 1 rings (SSSR count). The van der Waals surface area contributed by atoms with E-state index in [-0.39, 0.29) is 5.56 Å². The monoisotopic (exact) mass is 286 g/mol. The Labute approximate surface area is 118 Å². The molecule has 0 aromatic heterocycles. The molecule has 1 aromatic carbocycles. The van der Waals surface area contributed by atoms with Crippen LogP contribution in [-0.4, -0.2) is 24.3 Å². The van der Waals surface area contributed by atoms with E-state index < -0.39 is 5.97 Å². The van der Waals surface area contributed by atoms with Gasteiger partial charge in [-0.1, -0.05) is 31.4 Å². The Balaban J connectivity index is 2.90. The lowest BCUT2D eigenvalue weighted by Crippen LogP contribution is -2.03. The van der Waals surface area contributed by atoms with Crippen molar-refractivity contribution in [2.45, 2.75) is 33.1 Å². The number of unbranched alkanes of at least 4 members (excludes halogenated alkanes) is 2. The van der Waals surface area contributed by atoms with E-state index in [9.17, 15) is 4.79 Å². The van der Waals surface area contributed by atoms with Crippen molar-refractivity contribution in [2.24, 2.45) is 0 Å². The Morgan fingerprint density at radius 3 is 2.37 bits per heavy atom. The van der Waals surface area contributed by atoms with E-state index >= 15 is 0 Å². The summed E-state index contributed by atoms with van der Waals surface area (Å²) >= 11 is 6.13. The quantitative estimate of drug-likeness (QED) is 0.734. The minimum Gasteiger partial charge on any atom is -0.492 e. The molecule has 0 aliphatic rings. The summed E-state index contributed by atoms with van der Waals surface area (Å²) in [5.41, 5.74) is 0.110. The summed E-state index contributed by atoms with van der Waals surface area (Å²) in [7, 11) is 0. The fraction of sp³-hybridized carbons (Fsp3) is 0.500. The minimum absolute atomic E-state index is 0.110. The highest BCUT2D eigenvalue weighted by Gasteiger charge is 2.15. The van der Waals surface area contributed by atoms with E-state index in [4.69, 9.17) is 26.2 Å². The Bertz CT molecular complexity index is 432. The Morgan fingerprint density at radius 2 is 1.84 bits per heavy atom. The van der Waals surface area contributed by atoms with Gasteiger partial charge in [-0.25, -0.2) is 4.79 Å². The van der Waals surface area contributed by atoms with E-state index in [1.54, 1.807) is 0 Å². The molecule has 5 heteroatoms. The van der Waals surface area contributed by atoms with E-state index in [0.29, 0.717) is 29.7 Å². The smallest absolute Gasteiger partial charge is 0.335 e. The maximum atomic E-state index is 11.0. The molecule has 19 heavy (non-hydrogen) atoms. The fourth-order valence-electron chi connectivity index (χ4n) is 1.60. The Hall–Kier alpha value is -1.42. The molecule has 0 amide bonds. The van der Waals surface area contributed by atoms with Gasteiger partial charge in [-0.2, -0.15) is 0 Å². The van der Waals surface area contributed by atoms with Crippen molar-refractivity contribution in [2.75, 3.05) is 13.2 Å². The lowest BCUT2D eigenvalue weighted by molar-refractivity contribution is 0.0696. The molecular weight excluding hydrogens is 268 g/mol. The molecule has 0 saturated heterocycles. The van der Waals surface area contributed by atoms with Crippen LogP contribution in [0.5, 0.6) is 11.5 Å². The number of carboxylic acid groups (broad SMARTS) is 1. The van der Waals surface area contributed by atoms with Crippen LogP contribution in [0.3, 0.4) is 0 Å². The second-order valence-corrected chi connectivity index (χ2v) is 4.46. The van der Waals surface area contributed by atoms with E-state index in [0.717, 1.165) is 19.3 Å². The van der Waals surface area contributed by atoms with Gasteiger partial charge in [0.05, 0.1) is 18.8 Å². The fourth-order valence-corrected chi connectivity index (χ4v) is 1.81. The number of hydrogen-bond donors (Lipinski definition) is 1. The maximum Gasteiger partial charge on any atom is 0.335 e. The van der Waals surface area contributed by atoms with Gasteiger partial charge in [-0.3, -0.25) is 0 Å². The first-order valence-electron chi connectivity index (χ1n) is 6.42. The second-order valence-electron chi connectivity index (χ2n) is 4.08. The molecule has 0 fully saturated rings. The van der Waals surface area contributed by atoms with Gasteiger partial charge in [0.2, 0.25) is 0 Å². The molecule has 106 valence electrons. The van der Waals surface area contributed by atoms with E-state index in [1.807, 2.05) is 6.92 Å². The van der Waals surface area contributed by atoms with Crippen LogP contribution >= 0.6 is 11.6 Å². The molecule has 0 radical (unpaired) electrons. The topological polar surface area (TPSA) is 55.8 Å². The van der Waals surface area contributed by atoms with Crippen molar-refractivity contribution in [1.82, 2.24) is 0 Å². The van der Waals surface area contributed by atoms with Crippen molar-refractivity contribution in [3.8, 4) is 11.5 Å². The summed E-state index contributed by atoms with van der Waals surface area (Å²) < 4.78 is 10.9. The normalized spacial score (nSPS) is 10.3. The van der Waals surface area contributed by atoms with Crippen LogP contribution in [0, 0.1) is 0 Å². The number of carboxylic acids is 1. The van der Waals surface area contributed by atoms with Crippen molar-refractivity contribution in [1.29, 1.82) is 0 Å². The number of benzene rings is 1. The predicted octanol–water partition coefficient (Wildman–Crippen LogP) is 4.01. The average molecular weight is 287 g/mol. The average Bonchev–Trinajstić information content (AvgIpc) is 2.38. The van der Waals surface area contributed by atoms with E-state index in [2.05, 4.69) is 6.92 Å². The van der Waals surface area contributed by atoms with Crippen LogP contribution in [0.1, 0.15) is 43.5 Å². The van der Waals surface area contributed by atoms with Gasteiger partial charge in [0.1, 0.15) is 16.5 Å². The van der Waals surface area contributed by atoms with Crippen LogP contribution in [0.2, 0.25) is 5.02 Å². The van der Waals surface area contributed by atoms with Crippen LogP contribution in [0.4, 0.5) is 0 Å². The van der Waals surface area contributed by atoms with Crippen molar-refractivity contribution < 1.29 is 19.4 Å². The van der Waals surface area contributed by atoms with Gasteiger partial charge >= 0.3 is 5.97 Å². The molecular formula is C14H19ClO4. The molecule has 0 bridgehead atoms. The molecule has 0 atom stereocenters. The number of carbonyl (C=O) groups is 1. The van der Waals surface area contributed by atoms with E-state index in [1.165, 1.54) is 12.1 Å². The Morgan fingerprint density at radius 1 is 1.21 bits per heavy atom. The summed E-state index contributed by atoms with van der Waals surface area (Å²) in [5.74, 6) is -0.327. The summed E-state index contributed by atoms with van der Waals surface area (Å²) in [6.07, 6.45) is 3.07. The van der Waals surface area contributed by atoms with Crippen molar-refractivity contribution in [3.05, 3.63) is 22.7 Å². The lowest BCUT2D eigenvalue weighted by atomic mass is 10.2. The summed E-state index contributed by atoms with van der Waals surface area (Å²) in [4.78, 5) is 11.0. The minimum atomic E-state index is -1.03. The molecule has 1 aromatic rings. The maximum absolute atomic E-state index is 11.0. The number of hydrogen-bond acceptors (Lipinski definition) is 3. The van der Waals surface area contributed by atoms with Gasteiger partial charge in [0, 0.05) is 0 Å². The molecule has 4 nitrogen and oxygen atoms in total. The molecule has 0 heterocycles. The van der Waals surface area contributed by atoms with Gasteiger partial charge < -0.3 is 14.6 Å². The first kappa shape index (κ1) is 15.6. The van der Waals surface area contributed by atoms with Crippen LogP contribution in [-0.2, 0) is 0 Å². The number of halogens is 1. The predicted molar refractivity (Wildman–Crippen MR) is 74.6 cm³/mol. The SMILES string of the molecule is CCCCCOc1cc(C(=O)O)cc(OCC)c1Cl. The summed E-state index contributed by atoms with van der Waals surface area (Å²) in [6, 6.07) is 2.84. The van der Waals surface area contributed by atoms with Gasteiger partial charge in [-0.05, 0) is 25.5 Å². The third-order valence-electron chi connectivity index (χ3n) is 2.56. The first-order chi connectivity index (χ1) is 9.10. The largest absolute Gasteiger partial charge is 0.492 e. The standard InChI is InChI=1S/C14H19ClO4/c1-3-5-6-7-19-12-9-10(14(16)17)8-11(13(12)15)18-4-2/h8-9H,3-7H2,1-2H3,(H,16,17). The molecule has 0 unspecified atom stereocenters. The number of rotatable bonds is 8. The third-order valence-corrected chi connectivity index (χ3v) is 2.93. The zero-order chi connectivity index (χ0) is 14.3. The number of aromatic carboxylic acids is 1. The van der Waals surface area contributed by atoms with Crippen molar-refractivity contribution in [3.63, 3.8) is 0 Å². The van der Waals surface area contributed by atoms with Gasteiger partial charge in [0.25, 0.3) is 0 Å². The summed E-state index contributed by atoms with van der Waals surface area (Å²) in [6.45, 7) is 4.84. The Kier molecular flexibility index (Phi) is 6.50. The highest BCUT2D eigenvalue weighted by Crippen LogP contribution is 2.35.